The number of nitrogens with zero attached hydrogens (tertiary/aromatic N) is 5. The molecule has 1 aromatic heterocycles. The lowest BCUT2D eigenvalue weighted by molar-refractivity contribution is -0.0390. The summed E-state index contributed by atoms with van der Waals surface area (Å²) in [7, 11) is 0. The van der Waals surface area contributed by atoms with E-state index in [1.54, 1.807) is 12.4 Å². The third kappa shape index (κ3) is 6.40. The van der Waals surface area contributed by atoms with Gasteiger partial charge in [-0.2, -0.15) is 0 Å². The average molecular weight is 439 g/mol. The van der Waals surface area contributed by atoms with Crippen LogP contribution in [0, 0.1) is 0 Å². The van der Waals surface area contributed by atoms with Crippen molar-refractivity contribution in [2.45, 2.75) is 39.0 Å². The molecule has 0 aliphatic carbocycles. The fourth-order valence-corrected chi connectivity index (χ4v) is 4.04. The molecule has 4 rings (SSSR count). The van der Waals surface area contributed by atoms with Crippen LogP contribution < -0.4 is 10.2 Å². The van der Waals surface area contributed by atoms with Crippen LogP contribution in [0.5, 0.6) is 0 Å². The molecule has 2 aliphatic rings. The third-order valence-corrected chi connectivity index (χ3v) is 5.81. The maximum absolute atomic E-state index is 6.08. The van der Waals surface area contributed by atoms with E-state index in [4.69, 9.17) is 14.5 Å². The molecule has 8 heteroatoms. The van der Waals surface area contributed by atoms with Gasteiger partial charge in [0.15, 0.2) is 5.96 Å². The molecular weight excluding hydrogens is 404 g/mol. The highest BCUT2D eigenvalue weighted by molar-refractivity contribution is 5.80. The van der Waals surface area contributed by atoms with E-state index >= 15 is 0 Å². The molecule has 0 amide bonds. The van der Waals surface area contributed by atoms with Gasteiger partial charge in [-0.05, 0) is 37.0 Å². The molecule has 2 aromatic rings. The number of aliphatic imine (C=N–C) groups is 1. The van der Waals surface area contributed by atoms with E-state index in [-0.39, 0.29) is 0 Å². The first kappa shape index (κ1) is 22.5. The molecule has 0 unspecified atom stereocenters. The first-order valence-corrected chi connectivity index (χ1v) is 11.6. The fourth-order valence-electron chi connectivity index (χ4n) is 4.04. The normalized spacial score (nSPS) is 18.1. The number of benzene rings is 1. The lowest BCUT2D eigenvalue weighted by atomic mass is 10.1. The van der Waals surface area contributed by atoms with Crippen molar-refractivity contribution in [2.24, 2.45) is 4.99 Å². The average Bonchev–Trinajstić information content (AvgIpc) is 2.87. The van der Waals surface area contributed by atoms with Crippen LogP contribution in [0.3, 0.4) is 0 Å². The Morgan fingerprint density at radius 1 is 1.09 bits per heavy atom. The number of nitrogens with one attached hydrogen (secondary N) is 1. The second kappa shape index (κ2) is 11.8. The Kier molecular flexibility index (Phi) is 8.28. The second-order valence-corrected chi connectivity index (χ2v) is 8.14. The van der Waals surface area contributed by atoms with Crippen molar-refractivity contribution in [1.29, 1.82) is 0 Å². The summed E-state index contributed by atoms with van der Waals surface area (Å²) >= 11 is 0. The van der Waals surface area contributed by atoms with Crippen molar-refractivity contribution in [3.8, 4) is 0 Å². The van der Waals surface area contributed by atoms with Gasteiger partial charge in [0, 0.05) is 58.3 Å². The predicted molar refractivity (Wildman–Crippen MR) is 126 cm³/mol. The molecule has 8 nitrogen and oxygen atoms in total. The summed E-state index contributed by atoms with van der Waals surface area (Å²) in [6.07, 6.45) is 5.87. The quantitative estimate of drug-likeness (QED) is 0.526. The van der Waals surface area contributed by atoms with Crippen molar-refractivity contribution in [2.75, 3.05) is 50.8 Å². The number of guanidine groups is 1. The maximum atomic E-state index is 6.08. The summed E-state index contributed by atoms with van der Waals surface area (Å²) in [5, 5.41) is 3.45. The van der Waals surface area contributed by atoms with Gasteiger partial charge in [-0.1, -0.05) is 24.3 Å². The lowest BCUT2D eigenvalue weighted by Crippen LogP contribution is -2.52. The van der Waals surface area contributed by atoms with Gasteiger partial charge in [-0.15, -0.1) is 0 Å². The summed E-state index contributed by atoms with van der Waals surface area (Å²) in [5.74, 6) is 1.76. The highest BCUT2D eigenvalue weighted by Gasteiger charge is 2.21. The standard InChI is InChI=1S/C24H34N6O2/c1-2-25-23(29-11-13-30(14-12-29)24-26-9-4-10-27-24)28-18-20-5-3-6-21(17-20)19-32-22-7-15-31-16-8-22/h3-6,9-10,17,22H,2,7-8,11-16,18-19H2,1H3,(H,25,28). The van der Waals surface area contributed by atoms with Crippen LogP contribution in [0.2, 0.25) is 0 Å². The van der Waals surface area contributed by atoms with Gasteiger partial charge in [0.1, 0.15) is 0 Å². The molecule has 0 spiro atoms. The molecule has 32 heavy (non-hydrogen) atoms. The fraction of sp³-hybridized carbons (Fsp3) is 0.542. The van der Waals surface area contributed by atoms with Crippen molar-refractivity contribution < 1.29 is 9.47 Å². The molecule has 1 N–H and O–H groups in total. The molecule has 1 aromatic carbocycles. The van der Waals surface area contributed by atoms with Gasteiger partial charge in [0.05, 0.1) is 19.3 Å². The van der Waals surface area contributed by atoms with E-state index in [1.807, 2.05) is 6.07 Å². The minimum Gasteiger partial charge on any atom is -0.381 e. The summed E-state index contributed by atoms with van der Waals surface area (Å²) < 4.78 is 11.5. The van der Waals surface area contributed by atoms with Crippen molar-refractivity contribution in [3.63, 3.8) is 0 Å². The summed E-state index contributed by atoms with van der Waals surface area (Å²) in [6, 6.07) is 10.4. The zero-order chi connectivity index (χ0) is 22.0. The molecule has 0 atom stereocenters. The van der Waals surface area contributed by atoms with Gasteiger partial charge in [-0.25, -0.2) is 15.0 Å². The third-order valence-electron chi connectivity index (χ3n) is 5.81. The van der Waals surface area contributed by atoms with Crippen LogP contribution in [0.25, 0.3) is 0 Å². The van der Waals surface area contributed by atoms with Crippen LogP contribution >= 0.6 is 0 Å². The minimum atomic E-state index is 0.311. The Balaban J connectivity index is 1.32. The topological polar surface area (TPSA) is 75.1 Å². The SMILES string of the molecule is CCNC(=NCc1cccc(COC2CCOCC2)c1)N1CCN(c2ncccn2)CC1. The smallest absolute Gasteiger partial charge is 0.225 e. The number of aromatic nitrogens is 2. The molecule has 0 saturated carbocycles. The zero-order valence-electron chi connectivity index (χ0n) is 18.9. The summed E-state index contributed by atoms with van der Waals surface area (Å²) in [6.45, 7) is 9.41. The molecule has 0 bridgehead atoms. The lowest BCUT2D eigenvalue weighted by Gasteiger charge is -2.36. The molecule has 172 valence electrons. The van der Waals surface area contributed by atoms with Crippen LogP contribution in [-0.4, -0.2) is 72.9 Å². The molecule has 2 fully saturated rings. The second-order valence-electron chi connectivity index (χ2n) is 8.14. The number of anilines is 1. The van der Waals surface area contributed by atoms with Crippen LogP contribution in [-0.2, 0) is 22.6 Å². The molecule has 3 heterocycles. The minimum absolute atomic E-state index is 0.311. The van der Waals surface area contributed by atoms with E-state index in [9.17, 15) is 0 Å². The number of hydrogen-bond donors (Lipinski definition) is 1. The highest BCUT2D eigenvalue weighted by Crippen LogP contribution is 2.15. The zero-order valence-corrected chi connectivity index (χ0v) is 18.9. The predicted octanol–water partition coefficient (Wildman–Crippen LogP) is 2.46. The van der Waals surface area contributed by atoms with E-state index < -0.39 is 0 Å². The molecular formula is C24H34N6O2. The van der Waals surface area contributed by atoms with Gasteiger partial charge in [0.2, 0.25) is 5.95 Å². The van der Waals surface area contributed by atoms with Crippen LogP contribution in [0.1, 0.15) is 30.9 Å². The molecule has 2 saturated heterocycles. The molecule has 0 radical (unpaired) electrons. The highest BCUT2D eigenvalue weighted by atomic mass is 16.5. The first-order chi connectivity index (χ1) is 15.8. The first-order valence-electron chi connectivity index (χ1n) is 11.6. The van der Waals surface area contributed by atoms with Gasteiger partial charge < -0.3 is 24.6 Å². The van der Waals surface area contributed by atoms with Crippen LogP contribution in [0.15, 0.2) is 47.7 Å². The van der Waals surface area contributed by atoms with Crippen molar-refractivity contribution >= 4 is 11.9 Å². The Labute approximate surface area is 190 Å². The number of piperazine rings is 1. The van der Waals surface area contributed by atoms with E-state index in [0.717, 1.165) is 70.7 Å². The Morgan fingerprint density at radius 3 is 2.59 bits per heavy atom. The Bertz CT molecular complexity index is 849. The maximum Gasteiger partial charge on any atom is 0.225 e. The van der Waals surface area contributed by atoms with Gasteiger partial charge in [0.25, 0.3) is 0 Å². The van der Waals surface area contributed by atoms with Crippen LogP contribution in [0.4, 0.5) is 5.95 Å². The van der Waals surface area contributed by atoms with Crippen molar-refractivity contribution in [3.05, 3.63) is 53.9 Å². The Morgan fingerprint density at radius 2 is 1.84 bits per heavy atom. The van der Waals surface area contributed by atoms with E-state index in [1.165, 1.54) is 11.1 Å². The number of hydrogen-bond acceptors (Lipinski definition) is 6. The van der Waals surface area contributed by atoms with E-state index in [2.05, 4.69) is 56.3 Å². The van der Waals surface area contributed by atoms with Gasteiger partial charge >= 0.3 is 0 Å². The van der Waals surface area contributed by atoms with E-state index in [0.29, 0.717) is 19.3 Å². The van der Waals surface area contributed by atoms with Crippen molar-refractivity contribution in [1.82, 2.24) is 20.2 Å². The molecule has 2 aliphatic heterocycles. The summed E-state index contributed by atoms with van der Waals surface area (Å²) in [5.41, 5.74) is 2.40. The number of ether oxygens (including phenoxy) is 2. The summed E-state index contributed by atoms with van der Waals surface area (Å²) in [4.78, 5) is 18.2. The Hall–Kier alpha value is -2.71. The monoisotopic (exact) mass is 438 g/mol. The largest absolute Gasteiger partial charge is 0.381 e. The number of rotatable bonds is 7. The van der Waals surface area contributed by atoms with Gasteiger partial charge in [-0.3, -0.25) is 0 Å².